The summed E-state index contributed by atoms with van der Waals surface area (Å²) in [4.78, 5) is 37.0. The lowest BCUT2D eigenvalue weighted by molar-refractivity contribution is -0.183. The Balaban J connectivity index is 2.54. The van der Waals surface area contributed by atoms with Crippen molar-refractivity contribution in [1.29, 1.82) is 0 Å². The van der Waals surface area contributed by atoms with Crippen molar-refractivity contribution >= 4 is 18.0 Å². The zero-order valence-electron chi connectivity index (χ0n) is 12.6. The smallest absolute Gasteiger partial charge is 0.432 e. The number of hydrazine groups is 1. The molecule has 3 aliphatic rings. The Kier molecular flexibility index (Phi) is 4.51. The maximum atomic E-state index is 12.4. The van der Waals surface area contributed by atoms with E-state index < -0.39 is 29.7 Å². The van der Waals surface area contributed by atoms with Crippen LogP contribution in [-0.2, 0) is 19.0 Å². The molecule has 2 aliphatic heterocycles. The van der Waals surface area contributed by atoms with E-state index >= 15 is 0 Å². The van der Waals surface area contributed by atoms with E-state index in [9.17, 15) is 14.4 Å². The van der Waals surface area contributed by atoms with Crippen molar-refractivity contribution in [3.8, 4) is 0 Å². The molecular weight excluding hydrogens is 292 g/mol. The second kappa shape index (κ2) is 6.18. The molecule has 8 nitrogen and oxygen atoms in total. The average Bonchev–Trinajstić information content (AvgIpc) is 2.74. The second-order valence-corrected chi connectivity index (χ2v) is 4.53. The van der Waals surface area contributed by atoms with Gasteiger partial charge in [0, 0.05) is 7.11 Å². The number of carbonyl (C=O) groups excluding carboxylic acids is 3. The molecule has 3 rings (SSSR count). The molecule has 0 spiro atoms. The lowest BCUT2D eigenvalue weighted by atomic mass is 10.1. The van der Waals surface area contributed by atoms with E-state index in [-0.39, 0.29) is 13.2 Å². The number of hydrogen-bond donors (Lipinski definition) is 0. The van der Waals surface area contributed by atoms with Crippen molar-refractivity contribution in [3.63, 3.8) is 0 Å². The van der Waals surface area contributed by atoms with Gasteiger partial charge in [-0.25, -0.2) is 9.59 Å². The normalized spacial score (nSPS) is 26.1. The van der Waals surface area contributed by atoms with Gasteiger partial charge < -0.3 is 14.2 Å². The van der Waals surface area contributed by atoms with E-state index in [1.807, 2.05) is 0 Å². The largest absolute Gasteiger partial charge is 0.448 e. The highest BCUT2D eigenvalue weighted by atomic mass is 16.6. The third kappa shape index (κ3) is 2.35. The number of rotatable bonds is 3. The fourth-order valence-corrected chi connectivity index (χ4v) is 2.37. The van der Waals surface area contributed by atoms with E-state index in [4.69, 9.17) is 14.2 Å². The van der Waals surface area contributed by atoms with Gasteiger partial charge in [0.2, 0.25) is 11.5 Å². The van der Waals surface area contributed by atoms with Gasteiger partial charge in [-0.2, -0.15) is 10.0 Å². The summed E-state index contributed by atoms with van der Waals surface area (Å²) in [6, 6.07) is -0.641. The molecule has 0 radical (unpaired) electrons. The predicted molar refractivity (Wildman–Crippen MR) is 74.5 cm³/mol. The number of amides is 2. The summed E-state index contributed by atoms with van der Waals surface area (Å²) in [5.74, 6) is -0.492. The third-order valence-corrected chi connectivity index (χ3v) is 3.34. The molecule has 1 aliphatic carbocycles. The molecular formula is C14H18N2O6. The fourth-order valence-electron chi connectivity index (χ4n) is 2.37. The molecule has 120 valence electrons. The second-order valence-electron chi connectivity index (χ2n) is 4.53. The van der Waals surface area contributed by atoms with Crippen LogP contribution in [0.1, 0.15) is 13.8 Å². The monoisotopic (exact) mass is 310 g/mol. The van der Waals surface area contributed by atoms with Gasteiger partial charge in [-0.3, -0.25) is 4.79 Å². The minimum Gasteiger partial charge on any atom is -0.448 e. The van der Waals surface area contributed by atoms with E-state index in [2.05, 4.69) is 0 Å². The van der Waals surface area contributed by atoms with Crippen molar-refractivity contribution in [2.24, 2.45) is 0 Å². The van der Waals surface area contributed by atoms with Gasteiger partial charge >= 0.3 is 12.2 Å². The van der Waals surface area contributed by atoms with Crippen LogP contribution in [0, 0.1) is 0 Å². The van der Waals surface area contributed by atoms with Crippen LogP contribution in [0.2, 0.25) is 0 Å². The molecule has 2 amide bonds. The molecule has 0 aromatic rings. The number of ether oxygens (including phenoxy) is 3. The summed E-state index contributed by atoms with van der Waals surface area (Å²) in [6.45, 7) is 3.48. The third-order valence-electron chi connectivity index (χ3n) is 3.34. The van der Waals surface area contributed by atoms with Crippen LogP contribution in [0.5, 0.6) is 0 Å². The van der Waals surface area contributed by atoms with Crippen molar-refractivity contribution < 1.29 is 28.6 Å². The minimum absolute atomic E-state index is 0.0851. The number of nitrogens with zero attached hydrogens (tertiary/aromatic N) is 2. The molecule has 0 saturated heterocycles. The maximum absolute atomic E-state index is 12.4. The first kappa shape index (κ1) is 16.0. The first-order valence-electron chi connectivity index (χ1n) is 6.91. The maximum Gasteiger partial charge on any atom is 0.432 e. The standard InChI is InChI=1S/C14H18N2O6/c1-4-21-12(18)15-10-6-7-11(17)14(20-3,9-8-10)16(15)13(19)22-5-2/h6-10H,4-5H2,1-3H3/t10-,14+/m1/s1. The molecule has 0 N–H and O–H groups in total. The Hall–Kier alpha value is -2.35. The number of carbonyl (C=O) groups is 3. The van der Waals surface area contributed by atoms with Crippen molar-refractivity contribution in [3.05, 3.63) is 24.3 Å². The van der Waals surface area contributed by atoms with Crippen molar-refractivity contribution in [1.82, 2.24) is 10.0 Å². The first-order chi connectivity index (χ1) is 10.5. The van der Waals surface area contributed by atoms with Crippen LogP contribution in [0.15, 0.2) is 24.3 Å². The zero-order valence-corrected chi connectivity index (χ0v) is 12.6. The lowest BCUT2D eigenvalue weighted by Gasteiger charge is -2.46. The molecule has 0 fully saturated rings. The van der Waals surface area contributed by atoms with E-state index in [0.29, 0.717) is 0 Å². The lowest BCUT2D eigenvalue weighted by Crippen LogP contribution is -2.67. The molecule has 0 saturated carbocycles. The Bertz CT molecular complexity index is 543. The van der Waals surface area contributed by atoms with Crippen LogP contribution in [-0.4, -0.2) is 60.1 Å². The molecule has 8 heteroatoms. The van der Waals surface area contributed by atoms with E-state index in [0.717, 1.165) is 10.0 Å². The highest BCUT2D eigenvalue weighted by Crippen LogP contribution is 2.33. The summed E-state index contributed by atoms with van der Waals surface area (Å²) in [7, 11) is 1.28. The molecule has 0 aromatic heterocycles. The average molecular weight is 310 g/mol. The summed E-state index contributed by atoms with van der Waals surface area (Å²) in [5, 5.41) is 1.88. The van der Waals surface area contributed by atoms with Crippen LogP contribution < -0.4 is 0 Å². The summed E-state index contributed by atoms with van der Waals surface area (Å²) in [6.07, 6.45) is 4.16. The minimum atomic E-state index is -1.76. The van der Waals surface area contributed by atoms with Gasteiger partial charge in [0.1, 0.15) is 0 Å². The van der Waals surface area contributed by atoms with Crippen LogP contribution in [0.25, 0.3) is 0 Å². The Morgan fingerprint density at radius 3 is 2.41 bits per heavy atom. The highest BCUT2D eigenvalue weighted by molar-refractivity contribution is 6.02. The van der Waals surface area contributed by atoms with Gasteiger partial charge in [-0.05, 0) is 26.0 Å². The quantitative estimate of drug-likeness (QED) is 0.729. The number of fused-ring (bicyclic) bond motifs is 2. The summed E-state index contributed by atoms with van der Waals surface area (Å²) in [5.41, 5.74) is -1.76. The number of hydrogen-bond acceptors (Lipinski definition) is 6. The SMILES string of the molecule is CCOC(=O)N1[C@@H]2C=CC(=O)[C@@](OC)(C=C2)N1C(=O)OCC. The van der Waals surface area contributed by atoms with E-state index in [1.54, 1.807) is 19.9 Å². The predicted octanol–water partition coefficient (Wildman–Crippen LogP) is 1.24. The van der Waals surface area contributed by atoms with Gasteiger partial charge in [-0.15, -0.1) is 0 Å². The highest BCUT2D eigenvalue weighted by Gasteiger charge is 2.55. The molecule has 2 heterocycles. The molecule has 2 atom stereocenters. The Morgan fingerprint density at radius 1 is 1.18 bits per heavy atom. The summed E-state index contributed by atoms with van der Waals surface area (Å²) < 4.78 is 15.2. The van der Waals surface area contributed by atoms with Crippen molar-refractivity contribution in [2.75, 3.05) is 20.3 Å². The van der Waals surface area contributed by atoms with Crippen LogP contribution in [0.3, 0.4) is 0 Å². The zero-order chi connectivity index (χ0) is 16.3. The fraction of sp³-hybridized carbons (Fsp3) is 0.500. The Morgan fingerprint density at radius 2 is 1.82 bits per heavy atom. The summed E-state index contributed by atoms with van der Waals surface area (Å²) >= 11 is 0. The molecule has 22 heavy (non-hydrogen) atoms. The van der Waals surface area contributed by atoms with Gasteiger partial charge in [0.15, 0.2) is 0 Å². The number of ketones is 1. The van der Waals surface area contributed by atoms with Gasteiger partial charge in [-0.1, -0.05) is 12.2 Å². The van der Waals surface area contributed by atoms with Crippen molar-refractivity contribution in [2.45, 2.75) is 25.6 Å². The molecule has 0 unspecified atom stereocenters. The number of methoxy groups -OCH3 is 1. The first-order valence-corrected chi connectivity index (χ1v) is 6.91. The van der Waals surface area contributed by atoms with Crippen LogP contribution in [0.4, 0.5) is 9.59 Å². The molecule has 0 aromatic carbocycles. The Labute approximate surface area is 127 Å². The van der Waals surface area contributed by atoms with E-state index in [1.165, 1.54) is 25.3 Å². The topological polar surface area (TPSA) is 85.4 Å². The molecule has 2 bridgehead atoms. The van der Waals surface area contributed by atoms with Gasteiger partial charge in [0.25, 0.3) is 0 Å². The van der Waals surface area contributed by atoms with Gasteiger partial charge in [0.05, 0.1) is 19.3 Å². The van der Waals surface area contributed by atoms with Crippen LogP contribution >= 0.6 is 0 Å².